The SMILES string of the molecule is COc1cc(C)cc(C)c1C(C)(C)CCO[Si](C)(C)C(C)(C)C. The van der Waals surface area contributed by atoms with E-state index in [1.54, 1.807) is 7.11 Å². The Hall–Kier alpha value is -0.803. The van der Waals surface area contributed by atoms with Crippen molar-refractivity contribution >= 4 is 8.32 Å². The average Bonchev–Trinajstić information content (AvgIpc) is 2.35. The average molecular weight is 337 g/mol. The molecule has 23 heavy (non-hydrogen) atoms. The molecule has 0 spiro atoms. The highest BCUT2D eigenvalue weighted by Crippen LogP contribution is 2.40. The van der Waals surface area contributed by atoms with Crippen LogP contribution in [0.15, 0.2) is 12.1 Å². The van der Waals surface area contributed by atoms with Gasteiger partial charge in [-0.15, -0.1) is 0 Å². The molecule has 3 heteroatoms. The molecular weight excluding hydrogens is 300 g/mol. The fourth-order valence-electron chi connectivity index (χ4n) is 2.86. The van der Waals surface area contributed by atoms with Gasteiger partial charge in [-0.2, -0.15) is 0 Å². The molecule has 0 bridgehead atoms. The summed E-state index contributed by atoms with van der Waals surface area (Å²) in [5.41, 5.74) is 3.89. The van der Waals surface area contributed by atoms with E-state index in [9.17, 15) is 0 Å². The Bertz CT molecular complexity index is 539. The van der Waals surface area contributed by atoms with Crippen LogP contribution in [0.5, 0.6) is 5.75 Å². The van der Waals surface area contributed by atoms with Gasteiger partial charge in [0.1, 0.15) is 5.75 Å². The lowest BCUT2D eigenvalue weighted by Crippen LogP contribution is -2.41. The first kappa shape index (κ1) is 20.2. The summed E-state index contributed by atoms with van der Waals surface area (Å²) in [6.45, 7) is 21.2. The number of ether oxygens (including phenoxy) is 1. The predicted molar refractivity (Wildman–Crippen MR) is 103 cm³/mol. The lowest BCUT2D eigenvalue weighted by molar-refractivity contribution is 0.248. The first-order valence-corrected chi connectivity index (χ1v) is 11.5. The van der Waals surface area contributed by atoms with Gasteiger partial charge >= 0.3 is 0 Å². The van der Waals surface area contributed by atoms with Gasteiger partial charge in [0.2, 0.25) is 0 Å². The molecule has 0 unspecified atom stereocenters. The molecule has 0 amide bonds. The van der Waals surface area contributed by atoms with Gasteiger partial charge in [-0.05, 0) is 61.0 Å². The van der Waals surface area contributed by atoms with E-state index in [-0.39, 0.29) is 10.5 Å². The minimum absolute atomic E-state index is 0.0332. The fraction of sp³-hybridized carbons (Fsp3) is 0.700. The summed E-state index contributed by atoms with van der Waals surface area (Å²) >= 11 is 0. The second-order valence-electron chi connectivity index (χ2n) is 8.90. The van der Waals surface area contributed by atoms with Crippen LogP contribution >= 0.6 is 0 Å². The van der Waals surface area contributed by atoms with E-state index in [1.807, 2.05) is 0 Å². The van der Waals surface area contributed by atoms with Crippen LogP contribution in [0.3, 0.4) is 0 Å². The van der Waals surface area contributed by atoms with Crippen LogP contribution in [0.25, 0.3) is 0 Å². The first-order valence-electron chi connectivity index (χ1n) is 8.61. The Labute approximate surface area is 144 Å². The summed E-state index contributed by atoms with van der Waals surface area (Å²) in [6, 6.07) is 4.38. The molecule has 0 aliphatic carbocycles. The van der Waals surface area contributed by atoms with Crippen molar-refractivity contribution in [3.8, 4) is 5.75 Å². The largest absolute Gasteiger partial charge is 0.496 e. The van der Waals surface area contributed by atoms with E-state index in [1.165, 1.54) is 16.7 Å². The third kappa shape index (κ3) is 4.83. The normalized spacial score (nSPS) is 13.3. The number of hydrogen-bond donors (Lipinski definition) is 0. The van der Waals surface area contributed by atoms with E-state index < -0.39 is 8.32 Å². The molecule has 0 aliphatic rings. The van der Waals surface area contributed by atoms with Gasteiger partial charge in [-0.25, -0.2) is 0 Å². The van der Waals surface area contributed by atoms with Gasteiger partial charge in [-0.3, -0.25) is 0 Å². The second kappa shape index (κ2) is 6.98. The lowest BCUT2D eigenvalue weighted by atomic mass is 9.78. The molecule has 0 heterocycles. The van der Waals surface area contributed by atoms with Crippen LogP contribution in [-0.4, -0.2) is 22.0 Å². The molecule has 0 N–H and O–H groups in total. The van der Waals surface area contributed by atoms with E-state index >= 15 is 0 Å². The zero-order valence-electron chi connectivity index (χ0n) is 16.9. The van der Waals surface area contributed by atoms with Crippen molar-refractivity contribution in [2.45, 2.75) is 78.4 Å². The van der Waals surface area contributed by atoms with Crippen LogP contribution in [0.2, 0.25) is 18.1 Å². The minimum Gasteiger partial charge on any atom is -0.496 e. The number of hydrogen-bond acceptors (Lipinski definition) is 2. The van der Waals surface area contributed by atoms with E-state index in [0.717, 1.165) is 18.8 Å². The molecule has 1 aromatic carbocycles. The van der Waals surface area contributed by atoms with E-state index in [0.29, 0.717) is 0 Å². The Morgan fingerprint density at radius 1 is 1.00 bits per heavy atom. The Balaban J connectivity index is 2.93. The van der Waals surface area contributed by atoms with Crippen LogP contribution in [0.1, 0.15) is 57.7 Å². The molecule has 0 saturated heterocycles. The molecule has 0 aromatic heterocycles. The van der Waals surface area contributed by atoms with Crippen LogP contribution in [0.4, 0.5) is 0 Å². The molecule has 0 saturated carbocycles. The maximum Gasteiger partial charge on any atom is 0.191 e. The zero-order valence-corrected chi connectivity index (χ0v) is 17.9. The highest BCUT2D eigenvalue weighted by atomic mass is 28.4. The summed E-state index contributed by atoms with van der Waals surface area (Å²) in [5, 5.41) is 0.259. The van der Waals surface area contributed by atoms with Crippen molar-refractivity contribution < 1.29 is 9.16 Å². The topological polar surface area (TPSA) is 18.5 Å². The molecule has 0 atom stereocenters. The smallest absolute Gasteiger partial charge is 0.191 e. The Morgan fingerprint density at radius 3 is 2.04 bits per heavy atom. The Kier molecular flexibility index (Phi) is 6.14. The van der Waals surface area contributed by atoms with Crippen molar-refractivity contribution in [3.05, 3.63) is 28.8 Å². The molecular formula is C20H36O2Si. The highest BCUT2D eigenvalue weighted by molar-refractivity contribution is 6.74. The first-order chi connectivity index (χ1) is 10.3. The number of aryl methyl sites for hydroxylation is 2. The monoisotopic (exact) mass is 336 g/mol. The second-order valence-corrected chi connectivity index (χ2v) is 13.7. The van der Waals surface area contributed by atoms with Crippen molar-refractivity contribution in [2.75, 3.05) is 13.7 Å². The van der Waals surface area contributed by atoms with Crippen LogP contribution in [0, 0.1) is 13.8 Å². The third-order valence-electron chi connectivity index (χ3n) is 5.34. The lowest BCUT2D eigenvalue weighted by Gasteiger charge is -2.37. The summed E-state index contributed by atoms with van der Waals surface area (Å²) in [6.07, 6.45) is 1.000. The van der Waals surface area contributed by atoms with Gasteiger partial charge in [0.25, 0.3) is 0 Å². The third-order valence-corrected chi connectivity index (χ3v) is 9.87. The van der Waals surface area contributed by atoms with Crippen molar-refractivity contribution in [3.63, 3.8) is 0 Å². The van der Waals surface area contributed by atoms with Crippen LogP contribution < -0.4 is 4.74 Å². The number of rotatable bonds is 6. The van der Waals surface area contributed by atoms with Gasteiger partial charge < -0.3 is 9.16 Å². The summed E-state index contributed by atoms with van der Waals surface area (Å²) in [7, 11) is 0.0825. The quantitative estimate of drug-likeness (QED) is 0.593. The minimum atomic E-state index is -1.68. The summed E-state index contributed by atoms with van der Waals surface area (Å²) in [5.74, 6) is 1.000. The maximum atomic E-state index is 6.39. The standard InChI is InChI=1S/C20H36O2Si/c1-15-13-16(2)18(17(14-15)21-8)20(6,7)11-12-22-23(9,10)19(3,4)5/h13-14H,11-12H2,1-10H3. The van der Waals surface area contributed by atoms with Crippen molar-refractivity contribution in [1.82, 2.24) is 0 Å². The van der Waals surface area contributed by atoms with Gasteiger partial charge in [-0.1, -0.05) is 40.7 Å². The number of methoxy groups -OCH3 is 1. The van der Waals surface area contributed by atoms with Gasteiger partial charge in [0.05, 0.1) is 7.11 Å². The maximum absolute atomic E-state index is 6.39. The number of benzene rings is 1. The molecule has 0 fully saturated rings. The molecule has 1 aromatic rings. The molecule has 132 valence electrons. The molecule has 1 rings (SSSR count). The van der Waals surface area contributed by atoms with Gasteiger partial charge in [0.15, 0.2) is 8.32 Å². The Morgan fingerprint density at radius 2 is 1.57 bits per heavy atom. The summed E-state index contributed by atoms with van der Waals surface area (Å²) < 4.78 is 12.0. The van der Waals surface area contributed by atoms with Crippen molar-refractivity contribution in [2.24, 2.45) is 0 Å². The van der Waals surface area contributed by atoms with Crippen LogP contribution in [-0.2, 0) is 9.84 Å². The molecule has 0 radical (unpaired) electrons. The molecule has 2 nitrogen and oxygen atoms in total. The van der Waals surface area contributed by atoms with Crippen molar-refractivity contribution in [1.29, 1.82) is 0 Å². The molecule has 0 aliphatic heterocycles. The fourth-order valence-corrected chi connectivity index (χ4v) is 3.91. The summed E-state index contributed by atoms with van der Waals surface area (Å²) in [4.78, 5) is 0. The predicted octanol–water partition coefficient (Wildman–Crippen LogP) is 6.00. The highest BCUT2D eigenvalue weighted by Gasteiger charge is 2.37. The van der Waals surface area contributed by atoms with E-state index in [4.69, 9.17) is 9.16 Å². The van der Waals surface area contributed by atoms with Gasteiger partial charge in [0, 0.05) is 12.2 Å². The zero-order chi connectivity index (χ0) is 18.1. The van der Waals surface area contributed by atoms with E-state index in [2.05, 4.69) is 73.7 Å².